The van der Waals surface area contributed by atoms with Crippen molar-refractivity contribution in [3.05, 3.63) is 24.3 Å². The second kappa shape index (κ2) is 9.73. The molecule has 1 aromatic rings. The van der Waals surface area contributed by atoms with Crippen LogP contribution >= 0.6 is 0 Å². The first-order valence-electron chi connectivity index (χ1n) is 9.76. The number of hydrogen-bond acceptors (Lipinski definition) is 6. The van der Waals surface area contributed by atoms with Crippen molar-refractivity contribution < 1.29 is 17.9 Å². The molecule has 2 N–H and O–H groups in total. The van der Waals surface area contributed by atoms with Crippen LogP contribution in [0.15, 0.2) is 24.3 Å². The van der Waals surface area contributed by atoms with E-state index in [4.69, 9.17) is 9.47 Å². The Morgan fingerprint density at radius 3 is 2.63 bits per heavy atom. The first kappa shape index (κ1) is 20.4. The van der Waals surface area contributed by atoms with E-state index >= 15 is 0 Å². The van der Waals surface area contributed by atoms with E-state index < -0.39 is 10.0 Å². The number of sulfonamides is 1. The van der Waals surface area contributed by atoms with Crippen molar-refractivity contribution in [2.75, 3.05) is 52.1 Å². The van der Waals surface area contributed by atoms with Crippen molar-refractivity contribution in [2.45, 2.75) is 25.4 Å². The van der Waals surface area contributed by atoms with E-state index in [1.54, 1.807) is 0 Å². The molecule has 0 bridgehead atoms. The predicted molar refractivity (Wildman–Crippen MR) is 106 cm³/mol. The molecular weight excluding hydrogens is 366 g/mol. The fourth-order valence-electron chi connectivity index (χ4n) is 3.59. The fraction of sp³-hybridized carbons (Fsp3) is 0.684. The van der Waals surface area contributed by atoms with E-state index in [0.717, 1.165) is 50.6 Å². The number of piperidine rings is 1. The molecule has 0 saturated carbocycles. The van der Waals surface area contributed by atoms with E-state index in [1.165, 1.54) is 19.1 Å². The first-order valence-corrected chi connectivity index (χ1v) is 11.6. The number of nitrogens with zero attached hydrogens (tertiary/aromatic N) is 1. The molecule has 2 aliphatic heterocycles. The van der Waals surface area contributed by atoms with Crippen LogP contribution in [0.5, 0.6) is 11.5 Å². The standard InChI is InChI=1S/C19H31N3O4S/c1-27(23,24)21-10-4-9-20-13-16-7-11-22(12-8-16)14-17-15-25-18-5-2-3-6-19(18)26-17/h2-3,5-6,16-17,20-21H,4,7-15H2,1H3. The fourth-order valence-corrected chi connectivity index (χ4v) is 4.11. The van der Waals surface area contributed by atoms with Crippen LogP contribution in [0.3, 0.4) is 0 Å². The molecule has 0 radical (unpaired) electrons. The van der Waals surface area contributed by atoms with Gasteiger partial charge >= 0.3 is 0 Å². The lowest BCUT2D eigenvalue weighted by molar-refractivity contribution is 0.0478. The van der Waals surface area contributed by atoms with Gasteiger partial charge in [-0.1, -0.05) is 12.1 Å². The molecule has 2 aliphatic rings. The highest BCUT2D eigenvalue weighted by molar-refractivity contribution is 7.88. The lowest BCUT2D eigenvalue weighted by Gasteiger charge is -2.35. The molecule has 27 heavy (non-hydrogen) atoms. The van der Waals surface area contributed by atoms with Gasteiger partial charge in [0.1, 0.15) is 12.7 Å². The third-order valence-electron chi connectivity index (χ3n) is 5.06. The summed E-state index contributed by atoms with van der Waals surface area (Å²) in [6.45, 7) is 6.04. The highest BCUT2D eigenvalue weighted by atomic mass is 32.2. The molecule has 7 nitrogen and oxygen atoms in total. The van der Waals surface area contributed by atoms with Gasteiger partial charge in [-0.15, -0.1) is 0 Å². The topological polar surface area (TPSA) is 79.9 Å². The highest BCUT2D eigenvalue weighted by Crippen LogP contribution is 2.31. The lowest BCUT2D eigenvalue weighted by Crippen LogP contribution is -2.45. The predicted octanol–water partition coefficient (Wildman–Crippen LogP) is 1.07. The minimum absolute atomic E-state index is 0.0944. The van der Waals surface area contributed by atoms with Gasteiger partial charge in [0.25, 0.3) is 0 Å². The van der Waals surface area contributed by atoms with Crippen LogP contribution in [-0.4, -0.2) is 71.6 Å². The SMILES string of the molecule is CS(=O)(=O)NCCCNCC1CCN(CC2COc3ccccc3O2)CC1. The molecule has 0 amide bonds. The first-order chi connectivity index (χ1) is 13.0. The highest BCUT2D eigenvalue weighted by Gasteiger charge is 2.25. The van der Waals surface area contributed by atoms with Crippen molar-refractivity contribution in [2.24, 2.45) is 5.92 Å². The van der Waals surface area contributed by atoms with Crippen LogP contribution in [0.4, 0.5) is 0 Å². The molecule has 8 heteroatoms. The van der Waals surface area contributed by atoms with E-state index in [9.17, 15) is 8.42 Å². The number of para-hydroxylation sites is 2. The largest absolute Gasteiger partial charge is 0.486 e. The van der Waals surface area contributed by atoms with Gasteiger partial charge in [0.15, 0.2) is 11.5 Å². The Balaban J connectivity index is 1.27. The molecule has 152 valence electrons. The van der Waals surface area contributed by atoms with Gasteiger partial charge in [-0.25, -0.2) is 13.1 Å². The molecule has 1 saturated heterocycles. The summed E-state index contributed by atoms with van der Waals surface area (Å²) >= 11 is 0. The van der Waals surface area contributed by atoms with Crippen molar-refractivity contribution in [3.8, 4) is 11.5 Å². The third-order valence-corrected chi connectivity index (χ3v) is 5.79. The molecular formula is C19H31N3O4S. The number of benzene rings is 1. The van der Waals surface area contributed by atoms with Gasteiger partial charge in [-0.3, -0.25) is 4.90 Å². The molecule has 1 atom stereocenters. The molecule has 0 spiro atoms. The maximum atomic E-state index is 11.0. The maximum Gasteiger partial charge on any atom is 0.208 e. The molecule has 3 rings (SSSR count). The van der Waals surface area contributed by atoms with Crippen molar-refractivity contribution in [3.63, 3.8) is 0 Å². The maximum absolute atomic E-state index is 11.0. The summed E-state index contributed by atoms with van der Waals surface area (Å²) in [6.07, 6.45) is 4.46. The molecule has 0 aromatic heterocycles. The summed E-state index contributed by atoms with van der Waals surface area (Å²) in [5, 5.41) is 3.45. The second-order valence-corrected chi connectivity index (χ2v) is 9.30. The van der Waals surface area contributed by atoms with E-state index in [2.05, 4.69) is 14.9 Å². The zero-order chi connectivity index (χ0) is 19.1. The Hall–Kier alpha value is -1.35. The number of hydrogen-bond donors (Lipinski definition) is 2. The van der Waals surface area contributed by atoms with Gasteiger partial charge in [-0.2, -0.15) is 0 Å². The van der Waals surface area contributed by atoms with Crippen LogP contribution < -0.4 is 19.5 Å². The van der Waals surface area contributed by atoms with Gasteiger partial charge in [0.2, 0.25) is 10.0 Å². The summed E-state index contributed by atoms with van der Waals surface area (Å²) in [5.74, 6) is 2.37. The molecule has 1 aromatic carbocycles. The van der Waals surface area contributed by atoms with Crippen LogP contribution in [0.25, 0.3) is 0 Å². The Labute approximate surface area is 162 Å². The molecule has 1 unspecified atom stereocenters. The number of fused-ring (bicyclic) bond motifs is 1. The number of likely N-dealkylation sites (tertiary alicyclic amines) is 1. The van der Waals surface area contributed by atoms with Gasteiger partial charge in [0.05, 0.1) is 6.26 Å². The number of nitrogens with one attached hydrogen (secondary N) is 2. The Morgan fingerprint density at radius 2 is 1.89 bits per heavy atom. The zero-order valence-electron chi connectivity index (χ0n) is 16.0. The van der Waals surface area contributed by atoms with Crippen molar-refractivity contribution in [1.29, 1.82) is 0 Å². The Kier molecular flexibility index (Phi) is 7.34. The van der Waals surface area contributed by atoms with Crippen LogP contribution in [0, 0.1) is 5.92 Å². The lowest BCUT2D eigenvalue weighted by atomic mass is 9.96. The monoisotopic (exact) mass is 397 g/mol. The van der Waals surface area contributed by atoms with Crippen LogP contribution in [0.2, 0.25) is 0 Å². The Bertz CT molecular complexity index is 690. The quantitative estimate of drug-likeness (QED) is 0.607. The minimum atomic E-state index is -3.07. The summed E-state index contributed by atoms with van der Waals surface area (Å²) in [7, 11) is -3.07. The third kappa shape index (κ3) is 6.95. The average Bonchev–Trinajstić information content (AvgIpc) is 2.65. The van der Waals surface area contributed by atoms with E-state index in [1.807, 2.05) is 24.3 Å². The summed E-state index contributed by atoms with van der Waals surface area (Å²) < 4.78 is 36.4. The summed E-state index contributed by atoms with van der Waals surface area (Å²) in [5.41, 5.74) is 0. The number of ether oxygens (including phenoxy) is 2. The average molecular weight is 398 g/mol. The Morgan fingerprint density at radius 1 is 1.15 bits per heavy atom. The number of rotatable bonds is 9. The molecule has 1 fully saturated rings. The normalized spacial score (nSPS) is 21.3. The van der Waals surface area contributed by atoms with E-state index in [0.29, 0.717) is 19.1 Å². The minimum Gasteiger partial charge on any atom is -0.486 e. The van der Waals surface area contributed by atoms with Gasteiger partial charge < -0.3 is 14.8 Å². The molecule has 2 heterocycles. The van der Waals surface area contributed by atoms with Crippen molar-refractivity contribution >= 4 is 10.0 Å². The zero-order valence-corrected chi connectivity index (χ0v) is 16.8. The van der Waals surface area contributed by atoms with Crippen LogP contribution in [-0.2, 0) is 10.0 Å². The van der Waals surface area contributed by atoms with Gasteiger partial charge in [-0.05, 0) is 63.5 Å². The van der Waals surface area contributed by atoms with E-state index in [-0.39, 0.29) is 6.10 Å². The summed E-state index contributed by atoms with van der Waals surface area (Å²) in [4.78, 5) is 2.47. The van der Waals surface area contributed by atoms with Gasteiger partial charge in [0, 0.05) is 13.1 Å². The van der Waals surface area contributed by atoms with Crippen LogP contribution in [0.1, 0.15) is 19.3 Å². The summed E-state index contributed by atoms with van der Waals surface area (Å²) in [6, 6.07) is 7.84. The van der Waals surface area contributed by atoms with Crippen molar-refractivity contribution in [1.82, 2.24) is 14.9 Å². The molecule has 0 aliphatic carbocycles. The second-order valence-electron chi connectivity index (χ2n) is 7.47. The smallest absolute Gasteiger partial charge is 0.208 e.